The van der Waals surface area contributed by atoms with Gasteiger partial charge in [-0.05, 0) is 57.0 Å². The first-order chi connectivity index (χ1) is 9.56. The molecule has 5 heteroatoms. The first kappa shape index (κ1) is 15.9. The zero-order valence-corrected chi connectivity index (χ0v) is 13.3. The minimum absolute atomic E-state index is 0.307. The molecule has 1 aromatic rings. The summed E-state index contributed by atoms with van der Waals surface area (Å²) >= 11 is 11.9. The number of likely N-dealkylation sites (tertiary alicyclic amines) is 1. The molecule has 2 rings (SSSR count). The summed E-state index contributed by atoms with van der Waals surface area (Å²) in [6, 6.07) is 5.61. The molecule has 0 aromatic heterocycles. The molecule has 20 heavy (non-hydrogen) atoms. The smallest absolute Gasteiger partial charge is 0.138 e. The fourth-order valence-corrected chi connectivity index (χ4v) is 3.04. The van der Waals surface area contributed by atoms with Crippen molar-refractivity contribution in [1.82, 2.24) is 4.90 Å². The number of hydrogen-bond acceptors (Lipinski definition) is 3. The Balaban J connectivity index is 1.71. The predicted octanol–water partition coefficient (Wildman–Crippen LogP) is 3.43. The number of rotatable bonds is 5. The zero-order chi connectivity index (χ0) is 14.5. The maximum atomic E-state index is 6.07. The van der Waals surface area contributed by atoms with E-state index in [2.05, 4.69) is 11.8 Å². The van der Waals surface area contributed by atoms with Gasteiger partial charge in [-0.25, -0.2) is 0 Å². The number of nitrogens with two attached hydrogens (primary N) is 1. The van der Waals surface area contributed by atoms with Crippen LogP contribution in [-0.4, -0.2) is 37.2 Å². The highest BCUT2D eigenvalue weighted by Crippen LogP contribution is 2.27. The summed E-state index contributed by atoms with van der Waals surface area (Å²) in [7, 11) is 0. The van der Waals surface area contributed by atoms with Crippen molar-refractivity contribution >= 4 is 23.2 Å². The maximum absolute atomic E-state index is 6.07. The molecule has 1 fully saturated rings. The summed E-state index contributed by atoms with van der Waals surface area (Å²) in [6.45, 7) is 5.87. The lowest BCUT2D eigenvalue weighted by Gasteiger charge is -2.33. The van der Waals surface area contributed by atoms with E-state index in [1.54, 1.807) is 12.1 Å². The van der Waals surface area contributed by atoms with Crippen LogP contribution in [0.3, 0.4) is 0 Å². The van der Waals surface area contributed by atoms with Crippen molar-refractivity contribution in [2.45, 2.75) is 25.8 Å². The Labute approximate surface area is 131 Å². The molecule has 0 saturated carbocycles. The van der Waals surface area contributed by atoms with Crippen molar-refractivity contribution in [2.75, 3.05) is 26.2 Å². The Morgan fingerprint density at radius 1 is 1.35 bits per heavy atom. The van der Waals surface area contributed by atoms with Crippen molar-refractivity contribution in [3.05, 3.63) is 28.2 Å². The third-order valence-electron chi connectivity index (χ3n) is 3.93. The van der Waals surface area contributed by atoms with Crippen LogP contribution < -0.4 is 10.5 Å². The molecule has 0 bridgehead atoms. The monoisotopic (exact) mass is 316 g/mol. The van der Waals surface area contributed by atoms with Crippen LogP contribution in [0.15, 0.2) is 18.2 Å². The van der Waals surface area contributed by atoms with E-state index in [1.807, 2.05) is 6.07 Å². The van der Waals surface area contributed by atoms with Crippen LogP contribution in [0.25, 0.3) is 0 Å². The molecule has 1 aliphatic rings. The van der Waals surface area contributed by atoms with Crippen molar-refractivity contribution < 1.29 is 4.74 Å². The van der Waals surface area contributed by atoms with Gasteiger partial charge in [-0.1, -0.05) is 23.2 Å². The van der Waals surface area contributed by atoms with E-state index in [9.17, 15) is 0 Å². The normalized spacial score (nSPS) is 19.0. The molecule has 1 heterocycles. The van der Waals surface area contributed by atoms with Gasteiger partial charge in [0.05, 0.1) is 5.02 Å². The Morgan fingerprint density at radius 2 is 2.05 bits per heavy atom. The van der Waals surface area contributed by atoms with Crippen LogP contribution in [0, 0.1) is 5.92 Å². The van der Waals surface area contributed by atoms with Gasteiger partial charge in [0, 0.05) is 17.6 Å². The van der Waals surface area contributed by atoms with Crippen molar-refractivity contribution in [3.8, 4) is 5.75 Å². The molecule has 0 amide bonds. The average Bonchev–Trinajstić information content (AvgIpc) is 2.42. The highest BCUT2D eigenvalue weighted by atomic mass is 35.5. The van der Waals surface area contributed by atoms with E-state index in [4.69, 9.17) is 33.7 Å². The first-order valence-corrected chi connectivity index (χ1v) is 7.87. The number of nitrogens with zero attached hydrogens (tertiary/aromatic N) is 1. The molecule has 1 aliphatic heterocycles. The van der Waals surface area contributed by atoms with E-state index < -0.39 is 0 Å². The van der Waals surface area contributed by atoms with Crippen LogP contribution >= 0.6 is 23.2 Å². The predicted molar refractivity (Wildman–Crippen MR) is 84.8 cm³/mol. The Hall–Kier alpha value is -0.480. The van der Waals surface area contributed by atoms with E-state index in [0.29, 0.717) is 34.4 Å². The fourth-order valence-electron chi connectivity index (χ4n) is 2.58. The molecule has 0 aliphatic carbocycles. The van der Waals surface area contributed by atoms with Crippen molar-refractivity contribution in [3.63, 3.8) is 0 Å². The molecule has 112 valence electrons. The van der Waals surface area contributed by atoms with Crippen LogP contribution in [0.2, 0.25) is 10.0 Å². The number of piperidine rings is 1. The topological polar surface area (TPSA) is 38.5 Å². The third-order valence-corrected chi connectivity index (χ3v) is 4.47. The molecule has 0 radical (unpaired) electrons. The van der Waals surface area contributed by atoms with E-state index >= 15 is 0 Å². The summed E-state index contributed by atoms with van der Waals surface area (Å²) in [4.78, 5) is 2.42. The van der Waals surface area contributed by atoms with Gasteiger partial charge in [-0.15, -0.1) is 0 Å². The zero-order valence-electron chi connectivity index (χ0n) is 11.8. The maximum Gasteiger partial charge on any atom is 0.138 e. The summed E-state index contributed by atoms with van der Waals surface area (Å²) in [5.74, 6) is 1.36. The van der Waals surface area contributed by atoms with Gasteiger partial charge in [0.2, 0.25) is 0 Å². The molecule has 0 spiro atoms. The van der Waals surface area contributed by atoms with Gasteiger partial charge < -0.3 is 10.5 Å². The Morgan fingerprint density at radius 3 is 2.65 bits per heavy atom. The molecule has 1 aromatic carbocycles. The minimum Gasteiger partial charge on any atom is -0.491 e. The lowest BCUT2D eigenvalue weighted by molar-refractivity contribution is 0.147. The van der Waals surface area contributed by atoms with E-state index in [0.717, 1.165) is 19.6 Å². The highest BCUT2D eigenvalue weighted by Gasteiger charge is 2.21. The highest BCUT2D eigenvalue weighted by molar-refractivity contribution is 6.35. The quantitative estimate of drug-likeness (QED) is 0.904. The molecule has 2 N–H and O–H groups in total. The largest absolute Gasteiger partial charge is 0.491 e. The van der Waals surface area contributed by atoms with Gasteiger partial charge in [0.15, 0.2) is 0 Å². The van der Waals surface area contributed by atoms with Crippen molar-refractivity contribution in [1.29, 1.82) is 0 Å². The Kier molecular flexibility index (Phi) is 5.97. The second-order valence-electron chi connectivity index (χ2n) is 5.46. The van der Waals surface area contributed by atoms with Gasteiger partial charge in [-0.3, -0.25) is 4.90 Å². The van der Waals surface area contributed by atoms with Gasteiger partial charge in [0.25, 0.3) is 0 Å². The summed E-state index contributed by atoms with van der Waals surface area (Å²) in [5.41, 5.74) is 5.95. The first-order valence-electron chi connectivity index (χ1n) is 7.12. The molecular weight excluding hydrogens is 295 g/mol. The summed E-state index contributed by atoms with van der Waals surface area (Å²) in [5, 5.41) is 1.19. The lowest BCUT2D eigenvalue weighted by atomic mass is 9.91. The van der Waals surface area contributed by atoms with E-state index in [1.165, 1.54) is 12.8 Å². The van der Waals surface area contributed by atoms with Gasteiger partial charge in [0.1, 0.15) is 12.4 Å². The summed E-state index contributed by atoms with van der Waals surface area (Å²) in [6.07, 6.45) is 2.36. The molecule has 1 unspecified atom stereocenters. The second kappa shape index (κ2) is 7.51. The molecule has 1 saturated heterocycles. The van der Waals surface area contributed by atoms with Gasteiger partial charge >= 0.3 is 0 Å². The number of halogens is 2. The Bertz CT molecular complexity index is 432. The number of benzene rings is 1. The minimum atomic E-state index is 0.307. The fraction of sp³-hybridized carbons (Fsp3) is 0.600. The second-order valence-corrected chi connectivity index (χ2v) is 6.31. The molecule has 1 atom stereocenters. The van der Waals surface area contributed by atoms with Crippen LogP contribution in [0.4, 0.5) is 0 Å². The molecular formula is C15H22Cl2N2O. The van der Waals surface area contributed by atoms with Crippen LogP contribution in [0.5, 0.6) is 5.75 Å². The third kappa shape index (κ3) is 4.52. The number of ether oxygens (including phenoxy) is 1. The SMILES string of the molecule is CC(N)C1CCN(CCOc2ccc(Cl)cc2Cl)CC1. The lowest BCUT2D eigenvalue weighted by Crippen LogP contribution is -2.41. The average molecular weight is 317 g/mol. The summed E-state index contributed by atoms with van der Waals surface area (Å²) < 4.78 is 5.71. The van der Waals surface area contributed by atoms with Crippen LogP contribution in [-0.2, 0) is 0 Å². The standard InChI is InChI=1S/C15H22Cl2N2O/c1-11(18)12-4-6-19(7-5-12)8-9-20-15-3-2-13(16)10-14(15)17/h2-3,10-12H,4-9,18H2,1H3. The van der Waals surface area contributed by atoms with E-state index in [-0.39, 0.29) is 0 Å². The molecule has 3 nitrogen and oxygen atoms in total. The van der Waals surface area contributed by atoms with Crippen molar-refractivity contribution in [2.24, 2.45) is 11.7 Å². The van der Waals surface area contributed by atoms with Crippen LogP contribution in [0.1, 0.15) is 19.8 Å². The van der Waals surface area contributed by atoms with Gasteiger partial charge in [-0.2, -0.15) is 0 Å². The number of hydrogen-bond donors (Lipinski definition) is 1.